The van der Waals surface area contributed by atoms with Crippen LogP contribution in [0, 0.1) is 0 Å². The van der Waals surface area contributed by atoms with Gasteiger partial charge in [0.1, 0.15) is 5.75 Å². The maximum absolute atomic E-state index is 12.7. The first-order chi connectivity index (χ1) is 11.0. The lowest BCUT2D eigenvalue weighted by Crippen LogP contribution is -2.03. The second kappa shape index (κ2) is 5.88. The average Bonchev–Trinajstić information content (AvgIpc) is 2.90. The lowest BCUT2D eigenvalue weighted by Gasteiger charge is -2.04. The van der Waals surface area contributed by atoms with Crippen LogP contribution in [0.1, 0.15) is 11.1 Å². The maximum Gasteiger partial charge on any atom is 0.416 e. The molecule has 4 nitrogen and oxygen atoms in total. The van der Waals surface area contributed by atoms with Crippen molar-refractivity contribution in [3.8, 4) is 10.9 Å². The molecule has 0 aliphatic carbocycles. The number of thiazole rings is 1. The Morgan fingerprint density at radius 3 is 2.52 bits per heavy atom. The van der Waals surface area contributed by atoms with Crippen molar-refractivity contribution in [2.45, 2.75) is 6.18 Å². The monoisotopic (exact) mass is 338 g/mol. The van der Waals surface area contributed by atoms with E-state index in [0.29, 0.717) is 16.0 Å². The van der Waals surface area contributed by atoms with Gasteiger partial charge in [-0.25, -0.2) is 4.98 Å². The molecule has 2 aromatic carbocycles. The number of ether oxygens (including phenoxy) is 1. The van der Waals surface area contributed by atoms with E-state index in [-0.39, 0.29) is 10.7 Å². The van der Waals surface area contributed by atoms with E-state index in [0.717, 1.165) is 23.5 Å². The highest BCUT2D eigenvalue weighted by Crippen LogP contribution is 2.35. The summed E-state index contributed by atoms with van der Waals surface area (Å²) in [5.41, 5.74) is 0.178. The Balaban J connectivity index is 1.85. The van der Waals surface area contributed by atoms with Gasteiger partial charge in [0.2, 0.25) is 0 Å². The summed E-state index contributed by atoms with van der Waals surface area (Å²) in [5, 5.41) is 11.6. The molecule has 3 rings (SSSR count). The van der Waals surface area contributed by atoms with Gasteiger partial charge in [-0.2, -0.15) is 13.2 Å². The number of nitrogens with zero attached hydrogens (tertiary/aromatic N) is 2. The Morgan fingerprint density at radius 1 is 1.13 bits per heavy atom. The van der Waals surface area contributed by atoms with Gasteiger partial charge in [0.05, 0.1) is 22.0 Å². The molecular formula is C15H9F3N2O2S. The lowest BCUT2D eigenvalue weighted by molar-refractivity contribution is -0.137. The van der Waals surface area contributed by atoms with Crippen LogP contribution in [0.4, 0.5) is 13.2 Å². The predicted molar refractivity (Wildman–Crippen MR) is 80.5 cm³/mol. The molecule has 0 radical (unpaired) electrons. The molecule has 23 heavy (non-hydrogen) atoms. The molecule has 1 N–H and O–H groups in total. The first-order valence-corrected chi connectivity index (χ1v) is 7.20. The van der Waals surface area contributed by atoms with Gasteiger partial charge in [-0.1, -0.05) is 16.5 Å². The van der Waals surface area contributed by atoms with E-state index in [2.05, 4.69) is 10.1 Å². The molecule has 0 bridgehead atoms. The van der Waals surface area contributed by atoms with E-state index in [1.807, 2.05) is 0 Å². The van der Waals surface area contributed by atoms with Gasteiger partial charge in [0.25, 0.3) is 5.19 Å². The van der Waals surface area contributed by atoms with Crippen molar-refractivity contribution >= 4 is 27.8 Å². The molecule has 118 valence electrons. The van der Waals surface area contributed by atoms with E-state index in [1.54, 1.807) is 24.3 Å². The van der Waals surface area contributed by atoms with Gasteiger partial charge in [-0.15, -0.1) is 0 Å². The lowest BCUT2D eigenvalue weighted by atomic mass is 10.2. The highest BCUT2D eigenvalue weighted by Gasteiger charge is 2.30. The Hall–Kier alpha value is -2.61. The van der Waals surface area contributed by atoms with Crippen LogP contribution in [0.15, 0.2) is 47.6 Å². The number of halogens is 3. The Morgan fingerprint density at radius 2 is 1.87 bits per heavy atom. The molecule has 0 aliphatic rings. The second-order valence-corrected chi connectivity index (χ2v) is 5.57. The van der Waals surface area contributed by atoms with Crippen molar-refractivity contribution in [1.29, 1.82) is 0 Å². The minimum absolute atomic E-state index is 0.240. The van der Waals surface area contributed by atoms with E-state index in [1.165, 1.54) is 12.3 Å². The topological polar surface area (TPSA) is 54.7 Å². The third kappa shape index (κ3) is 3.42. The van der Waals surface area contributed by atoms with Crippen molar-refractivity contribution in [3.63, 3.8) is 0 Å². The predicted octanol–water partition coefficient (Wildman–Crippen LogP) is 4.92. The summed E-state index contributed by atoms with van der Waals surface area (Å²) in [4.78, 5) is 4.07. The van der Waals surface area contributed by atoms with Crippen molar-refractivity contribution in [1.82, 2.24) is 4.98 Å². The zero-order valence-electron chi connectivity index (χ0n) is 11.4. The molecule has 8 heteroatoms. The van der Waals surface area contributed by atoms with Gasteiger partial charge in [-0.3, -0.25) is 0 Å². The van der Waals surface area contributed by atoms with E-state index in [4.69, 9.17) is 9.94 Å². The smallest absolute Gasteiger partial charge is 0.416 e. The Bertz CT molecular complexity index is 857. The normalized spacial score (nSPS) is 12.1. The molecule has 3 aromatic rings. The number of fused-ring (bicyclic) bond motifs is 1. The summed E-state index contributed by atoms with van der Waals surface area (Å²) in [6.45, 7) is 0. The fraction of sp³-hybridized carbons (Fsp3) is 0.0667. The van der Waals surface area contributed by atoms with Crippen LogP contribution in [0.2, 0.25) is 0 Å². The van der Waals surface area contributed by atoms with Crippen LogP contribution in [0.25, 0.3) is 10.2 Å². The van der Waals surface area contributed by atoms with Gasteiger partial charge < -0.3 is 9.94 Å². The number of aromatic nitrogens is 1. The van der Waals surface area contributed by atoms with Gasteiger partial charge in [0.15, 0.2) is 0 Å². The summed E-state index contributed by atoms with van der Waals surface area (Å²) in [7, 11) is 0. The fourth-order valence-electron chi connectivity index (χ4n) is 1.92. The first-order valence-electron chi connectivity index (χ1n) is 6.39. The molecule has 1 aromatic heterocycles. The third-order valence-electron chi connectivity index (χ3n) is 2.99. The van der Waals surface area contributed by atoms with Gasteiger partial charge >= 0.3 is 6.18 Å². The van der Waals surface area contributed by atoms with E-state index in [9.17, 15) is 13.2 Å². The summed E-state index contributed by atoms with van der Waals surface area (Å²) in [6, 6.07) is 10.0. The van der Waals surface area contributed by atoms with Gasteiger partial charge in [-0.05, 0) is 48.0 Å². The number of rotatable bonds is 3. The molecule has 0 aliphatic heterocycles. The Labute approximate surface area is 132 Å². The zero-order chi connectivity index (χ0) is 16.4. The highest BCUT2D eigenvalue weighted by atomic mass is 32.1. The number of benzene rings is 2. The molecule has 0 fully saturated rings. The molecule has 1 heterocycles. The standard InChI is InChI=1S/C15H9F3N2O2S/c16-15(17,18)10-3-6-13-12(7-10)20-14(23-13)22-11-4-1-9(2-5-11)8-19-21/h1-8,21H/b19-8+. The van der Waals surface area contributed by atoms with E-state index < -0.39 is 11.7 Å². The number of hydrogen-bond acceptors (Lipinski definition) is 5. The summed E-state index contributed by atoms with van der Waals surface area (Å²) in [5.74, 6) is 0.482. The van der Waals surface area contributed by atoms with Crippen molar-refractivity contribution in [2.24, 2.45) is 5.16 Å². The minimum Gasteiger partial charge on any atom is -0.431 e. The second-order valence-electron chi connectivity index (χ2n) is 4.58. The van der Waals surface area contributed by atoms with E-state index >= 15 is 0 Å². The van der Waals surface area contributed by atoms with Crippen molar-refractivity contribution in [2.75, 3.05) is 0 Å². The quantitative estimate of drug-likeness (QED) is 0.419. The Kier molecular flexibility index (Phi) is 3.91. The van der Waals surface area contributed by atoms with Crippen LogP contribution < -0.4 is 4.74 Å². The molecule has 0 saturated heterocycles. The van der Waals surface area contributed by atoms with Crippen LogP contribution in [-0.2, 0) is 6.18 Å². The van der Waals surface area contributed by atoms with Crippen LogP contribution in [-0.4, -0.2) is 16.4 Å². The molecule has 0 unspecified atom stereocenters. The minimum atomic E-state index is -4.40. The van der Waals surface area contributed by atoms with Gasteiger partial charge in [0, 0.05) is 0 Å². The fourth-order valence-corrected chi connectivity index (χ4v) is 2.73. The van der Waals surface area contributed by atoms with Crippen LogP contribution in [0.3, 0.4) is 0 Å². The zero-order valence-corrected chi connectivity index (χ0v) is 12.2. The molecule has 0 saturated carbocycles. The molecule has 0 spiro atoms. The molecule has 0 amide bonds. The first kappa shape index (κ1) is 15.3. The largest absolute Gasteiger partial charge is 0.431 e. The molecule has 0 atom stereocenters. The maximum atomic E-state index is 12.7. The molecular weight excluding hydrogens is 329 g/mol. The number of alkyl halides is 3. The average molecular weight is 338 g/mol. The summed E-state index contributed by atoms with van der Waals surface area (Å²) >= 11 is 1.16. The highest BCUT2D eigenvalue weighted by molar-refractivity contribution is 7.20. The van der Waals surface area contributed by atoms with Crippen molar-refractivity contribution in [3.05, 3.63) is 53.6 Å². The third-order valence-corrected chi connectivity index (χ3v) is 3.90. The summed E-state index contributed by atoms with van der Waals surface area (Å²) < 4.78 is 44.2. The van der Waals surface area contributed by atoms with Crippen LogP contribution >= 0.6 is 11.3 Å². The van der Waals surface area contributed by atoms with Crippen molar-refractivity contribution < 1.29 is 23.1 Å². The summed E-state index contributed by atoms with van der Waals surface area (Å²) in [6.07, 6.45) is -3.14. The number of oxime groups is 1. The van der Waals surface area contributed by atoms with Crippen LogP contribution in [0.5, 0.6) is 10.9 Å². The SMILES string of the molecule is O/N=C/c1ccc(Oc2nc3cc(C(F)(F)F)ccc3s2)cc1. The number of hydrogen-bond donors (Lipinski definition) is 1.